The zero-order valence-electron chi connectivity index (χ0n) is 14.3. The molecule has 0 aliphatic heterocycles. The Morgan fingerprint density at radius 2 is 2.12 bits per heavy atom. The van der Waals surface area contributed by atoms with Crippen LogP contribution in [0.5, 0.6) is 5.75 Å². The Hall–Kier alpha value is -2.34. The van der Waals surface area contributed by atoms with Crippen LogP contribution in [0.15, 0.2) is 24.4 Å². The predicted octanol–water partition coefficient (Wildman–Crippen LogP) is 4.01. The standard InChI is InChI=1S/C18H20N2O3S/c1-5-22-18(21)17-11(2)20(4)16-7-6-13(8-15(16)17)23-10-14-9-19-12(3)24-14/h6-9H,5,10H2,1-4H3. The highest BCUT2D eigenvalue weighted by atomic mass is 32.1. The third-order valence-electron chi connectivity index (χ3n) is 3.99. The van der Waals surface area contributed by atoms with E-state index in [1.54, 1.807) is 11.3 Å². The van der Waals surface area contributed by atoms with Gasteiger partial charge in [-0.2, -0.15) is 0 Å². The molecular weight excluding hydrogens is 324 g/mol. The summed E-state index contributed by atoms with van der Waals surface area (Å²) in [6.45, 7) is 6.53. The van der Waals surface area contributed by atoms with E-state index in [9.17, 15) is 4.79 Å². The zero-order valence-corrected chi connectivity index (χ0v) is 15.1. The van der Waals surface area contributed by atoms with Crippen molar-refractivity contribution in [2.75, 3.05) is 6.61 Å². The fourth-order valence-corrected chi connectivity index (χ4v) is 3.44. The van der Waals surface area contributed by atoms with Crippen molar-refractivity contribution < 1.29 is 14.3 Å². The van der Waals surface area contributed by atoms with Gasteiger partial charge < -0.3 is 14.0 Å². The van der Waals surface area contributed by atoms with Gasteiger partial charge in [-0.3, -0.25) is 0 Å². The van der Waals surface area contributed by atoms with Crippen molar-refractivity contribution in [1.82, 2.24) is 9.55 Å². The predicted molar refractivity (Wildman–Crippen MR) is 94.8 cm³/mol. The number of hydrogen-bond acceptors (Lipinski definition) is 5. The molecule has 24 heavy (non-hydrogen) atoms. The van der Waals surface area contributed by atoms with E-state index >= 15 is 0 Å². The number of thiazole rings is 1. The van der Waals surface area contributed by atoms with Crippen LogP contribution in [0.1, 0.15) is 32.9 Å². The fourth-order valence-electron chi connectivity index (χ4n) is 2.73. The minimum atomic E-state index is -0.296. The molecule has 0 atom stereocenters. The first-order valence-corrected chi connectivity index (χ1v) is 8.63. The van der Waals surface area contributed by atoms with E-state index in [2.05, 4.69) is 4.98 Å². The second-order valence-corrected chi connectivity index (χ2v) is 6.87. The molecule has 0 saturated carbocycles. The second-order valence-electron chi connectivity index (χ2n) is 5.55. The number of carbonyl (C=O) groups is 1. The van der Waals surface area contributed by atoms with Crippen LogP contribution in [-0.2, 0) is 18.4 Å². The molecule has 0 amide bonds. The smallest absolute Gasteiger partial charge is 0.340 e. The molecule has 0 aliphatic rings. The molecule has 3 aromatic rings. The normalized spacial score (nSPS) is 11.0. The summed E-state index contributed by atoms with van der Waals surface area (Å²) in [5.41, 5.74) is 2.48. The Kier molecular flexibility index (Phi) is 4.57. The molecule has 0 saturated heterocycles. The maximum absolute atomic E-state index is 12.3. The average molecular weight is 344 g/mol. The minimum Gasteiger partial charge on any atom is -0.488 e. The van der Waals surface area contributed by atoms with E-state index < -0.39 is 0 Å². The van der Waals surface area contributed by atoms with Gasteiger partial charge in [-0.1, -0.05) is 0 Å². The quantitative estimate of drug-likeness (QED) is 0.656. The van der Waals surface area contributed by atoms with Gasteiger partial charge in [-0.05, 0) is 39.0 Å². The van der Waals surface area contributed by atoms with Gasteiger partial charge in [-0.15, -0.1) is 11.3 Å². The van der Waals surface area contributed by atoms with Gasteiger partial charge >= 0.3 is 5.97 Å². The van der Waals surface area contributed by atoms with Gasteiger partial charge in [0.15, 0.2) is 0 Å². The Balaban J connectivity index is 1.94. The molecule has 0 fully saturated rings. The molecule has 2 aromatic heterocycles. The Labute approximate surface area is 144 Å². The lowest BCUT2D eigenvalue weighted by Gasteiger charge is -2.06. The lowest BCUT2D eigenvalue weighted by Crippen LogP contribution is -2.06. The summed E-state index contributed by atoms with van der Waals surface area (Å²) in [5, 5.41) is 1.87. The number of fused-ring (bicyclic) bond motifs is 1. The van der Waals surface area contributed by atoms with Gasteiger partial charge in [0.1, 0.15) is 12.4 Å². The van der Waals surface area contributed by atoms with Crippen LogP contribution in [-0.4, -0.2) is 22.1 Å². The number of ether oxygens (including phenoxy) is 2. The number of esters is 1. The van der Waals surface area contributed by atoms with Crippen molar-refractivity contribution in [3.05, 3.63) is 45.5 Å². The van der Waals surface area contributed by atoms with Gasteiger partial charge in [-0.25, -0.2) is 9.78 Å². The molecule has 126 valence electrons. The lowest BCUT2D eigenvalue weighted by atomic mass is 10.1. The second kappa shape index (κ2) is 6.65. The van der Waals surface area contributed by atoms with Gasteiger partial charge in [0.05, 0.1) is 22.1 Å². The average Bonchev–Trinajstić information content (AvgIpc) is 3.08. The van der Waals surface area contributed by atoms with Crippen LogP contribution in [0.2, 0.25) is 0 Å². The maximum atomic E-state index is 12.3. The first kappa shape index (κ1) is 16.5. The van der Waals surface area contributed by atoms with Crippen LogP contribution in [0.25, 0.3) is 10.9 Å². The summed E-state index contributed by atoms with van der Waals surface area (Å²) in [6.07, 6.45) is 1.83. The van der Waals surface area contributed by atoms with Crippen molar-refractivity contribution in [3.8, 4) is 5.75 Å². The Morgan fingerprint density at radius 1 is 1.33 bits per heavy atom. The number of aromatic nitrogens is 2. The highest BCUT2D eigenvalue weighted by Gasteiger charge is 2.20. The molecule has 0 unspecified atom stereocenters. The number of hydrogen-bond donors (Lipinski definition) is 0. The van der Waals surface area contributed by atoms with Gasteiger partial charge in [0.25, 0.3) is 0 Å². The van der Waals surface area contributed by atoms with Crippen molar-refractivity contribution >= 4 is 28.2 Å². The van der Waals surface area contributed by atoms with Crippen molar-refractivity contribution in [1.29, 1.82) is 0 Å². The molecule has 6 heteroatoms. The highest BCUT2D eigenvalue weighted by Crippen LogP contribution is 2.29. The first-order chi connectivity index (χ1) is 11.5. The topological polar surface area (TPSA) is 53.4 Å². The van der Waals surface area contributed by atoms with E-state index in [-0.39, 0.29) is 5.97 Å². The minimum absolute atomic E-state index is 0.296. The van der Waals surface area contributed by atoms with Crippen molar-refractivity contribution in [2.45, 2.75) is 27.4 Å². The number of aryl methyl sites for hydroxylation is 2. The van der Waals surface area contributed by atoms with Gasteiger partial charge in [0.2, 0.25) is 0 Å². The molecule has 0 radical (unpaired) electrons. The Bertz CT molecular complexity index is 895. The molecule has 5 nitrogen and oxygen atoms in total. The number of nitrogens with zero attached hydrogens (tertiary/aromatic N) is 2. The molecule has 1 aromatic carbocycles. The summed E-state index contributed by atoms with van der Waals surface area (Å²) < 4.78 is 13.1. The number of rotatable bonds is 5. The van der Waals surface area contributed by atoms with Crippen molar-refractivity contribution in [2.24, 2.45) is 7.05 Å². The molecule has 0 N–H and O–H groups in total. The molecule has 2 heterocycles. The fraction of sp³-hybridized carbons (Fsp3) is 0.333. The first-order valence-electron chi connectivity index (χ1n) is 7.81. The summed E-state index contributed by atoms with van der Waals surface area (Å²) in [5.74, 6) is 0.431. The SMILES string of the molecule is CCOC(=O)c1c(C)n(C)c2ccc(OCc3cnc(C)s3)cc12. The largest absolute Gasteiger partial charge is 0.488 e. The van der Waals surface area contributed by atoms with E-state index in [1.165, 1.54) is 0 Å². The van der Waals surface area contributed by atoms with Crippen molar-refractivity contribution in [3.63, 3.8) is 0 Å². The molecule has 0 aliphatic carbocycles. The molecule has 3 rings (SSSR count). The van der Waals surface area contributed by atoms with Crippen LogP contribution < -0.4 is 4.74 Å². The van der Waals surface area contributed by atoms with E-state index in [0.29, 0.717) is 18.8 Å². The highest BCUT2D eigenvalue weighted by molar-refractivity contribution is 7.11. The molecule has 0 spiro atoms. The van der Waals surface area contributed by atoms with Crippen LogP contribution in [0.3, 0.4) is 0 Å². The van der Waals surface area contributed by atoms with Crippen LogP contribution in [0.4, 0.5) is 0 Å². The van der Waals surface area contributed by atoms with E-state index in [1.807, 2.05) is 56.8 Å². The van der Waals surface area contributed by atoms with E-state index in [4.69, 9.17) is 9.47 Å². The summed E-state index contributed by atoms with van der Waals surface area (Å²) in [7, 11) is 1.95. The maximum Gasteiger partial charge on any atom is 0.340 e. The van der Waals surface area contributed by atoms with Crippen LogP contribution in [0, 0.1) is 13.8 Å². The molecule has 0 bridgehead atoms. The Morgan fingerprint density at radius 3 is 2.79 bits per heavy atom. The molecular formula is C18H20N2O3S. The lowest BCUT2D eigenvalue weighted by molar-refractivity contribution is 0.0527. The van der Waals surface area contributed by atoms with Gasteiger partial charge in [0, 0.05) is 29.8 Å². The number of benzene rings is 1. The summed E-state index contributed by atoms with van der Waals surface area (Å²) >= 11 is 1.62. The summed E-state index contributed by atoms with van der Waals surface area (Å²) in [6, 6.07) is 5.80. The third kappa shape index (κ3) is 3.01. The summed E-state index contributed by atoms with van der Waals surface area (Å²) in [4.78, 5) is 17.6. The van der Waals surface area contributed by atoms with E-state index in [0.717, 1.165) is 32.2 Å². The van der Waals surface area contributed by atoms with Crippen LogP contribution >= 0.6 is 11.3 Å². The third-order valence-corrected chi connectivity index (χ3v) is 4.88. The zero-order chi connectivity index (χ0) is 17.3. The monoisotopic (exact) mass is 344 g/mol. The number of carbonyl (C=O) groups excluding carboxylic acids is 1.